The van der Waals surface area contributed by atoms with E-state index in [1.54, 1.807) is 32.4 Å². The molecule has 0 fully saturated rings. The van der Waals surface area contributed by atoms with E-state index in [0.717, 1.165) is 5.56 Å². The molecule has 5 heteroatoms. The fourth-order valence-corrected chi connectivity index (χ4v) is 2.43. The largest absolute Gasteiger partial charge is 0.497 e. The van der Waals surface area contributed by atoms with Crippen molar-refractivity contribution in [3.05, 3.63) is 53.1 Å². The van der Waals surface area contributed by atoms with Crippen molar-refractivity contribution < 1.29 is 14.3 Å². The van der Waals surface area contributed by atoms with Gasteiger partial charge in [-0.15, -0.1) is 0 Å². The van der Waals surface area contributed by atoms with Gasteiger partial charge < -0.3 is 20.1 Å². The average molecular weight is 314 g/mol. The molecule has 0 aliphatic carbocycles. The number of ether oxygens (including phenoxy) is 2. The third kappa shape index (κ3) is 4.64. The molecule has 23 heavy (non-hydrogen) atoms. The zero-order valence-corrected chi connectivity index (χ0v) is 13.9. The molecule has 0 atom stereocenters. The third-order valence-electron chi connectivity index (χ3n) is 3.39. The molecule has 2 N–H and O–H groups in total. The number of amides is 2. The summed E-state index contributed by atoms with van der Waals surface area (Å²) in [6, 6.07) is 11.2. The predicted molar refractivity (Wildman–Crippen MR) is 91.3 cm³/mol. The maximum absolute atomic E-state index is 12.1. The molecule has 0 unspecified atom stereocenters. The SMILES string of the molecule is COc1ccc(OC)c(NC(=O)NCc2cc(C)cc(C)c2)c1. The Labute approximate surface area is 136 Å². The molecule has 2 aromatic carbocycles. The van der Waals surface area contributed by atoms with Crippen molar-refractivity contribution in [1.82, 2.24) is 5.32 Å². The van der Waals surface area contributed by atoms with Gasteiger partial charge in [0, 0.05) is 12.6 Å². The molecular weight excluding hydrogens is 292 g/mol. The maximum Gasteiger partial charge on any atom is 0.319 e. The van der Waals surface area contributed by atoms with Gasteiger partial charge in [0.2, 0.25) is 0 Å². The van der Waals surface area contributed by atoms with Crippen molar-refractivity contribution in [1.29, 1.82) is 0 Å². The number of urea groups is 1. The number of rotatable bonds is 5. The van der Waals surface area contributed by atoms with Crippen LogP contribution in [0.3, 0.4) is 0 Å². The quantitative estimate of drug-likeness (QED) is 0.886. The van der Waals surface area contributed by atoms with Gasteiger partial charge >= 0.3 is 6.03 Å². The number of anilines is 1. The highest BCUT2D eigenvalue weighted by atomic mass is 16.5. The number of aryl methyl sites for hydroxylation is 2. The molecule has 2 aromatic rings. The molecule has 0 saturated carbocycles. The molecular formula is C18H22N2O3. The van der Waals surface area contributed by atoms with E-state index >= 15 is 0 Å². The summed E-state index contributed by atoms with van der Waals surface area (Å²) < 4.78 is 10.4. The number of carbonyl (C=O) groups is 1. The summed E-state index contributed by atoms with van der Waals surface area (Å²) in [7, 11) is 3.13. The van der Waals surface area contributed by atoms with Crippen LogP contribution in [0.4, 0.5) is 10.5 Å². The van der Waals surface area contributed by atoms with E-state index in [-0.39, 0.29) is 6.03 Å². The molecule has 0 bridgehead atoms. The van der Waals surface area contributed by atoms with E-state index in [2.05, 4.69) is 28.8 Å². The molecule has 0 saturated heterocycles. The molecule has 0 heterocycles. The van der Waals surface area contributed by atoms with Crippen LogP contribution in [0.2, 0.25) is 0 Å². The van der Waals surface area contributed by atoms with E-state index < -0.39 is 0 Å². The molecule has 122 valence electrons. The van der Waals surface area contributed by atoms with E-state index in [0.29, 0.717) is 23.7 Å². The zero-order chi connectivity index (χ0) is 16.8. The Bertz CT molecular complexity index is 678. The number of carbonyl (C=O) groups excluding carboxylic acids is 1. The van der Waals surface area contributed by atoms with Gasteiger partial charge in [0.05, 0.1) is 19.9 Å². The lowest BCUT2D eigenvalue weighted by molar-refractivity contribution is 0.251. The lowest BCUT2D eigenvalue weighted by Gasteiger charge is -2.13. The minimum atomic E-state index is -0.296. The van der Waals surface area contributed by atoms with Gasteiger partial charge in [-0.1, -0.05) is 29.3 Å². The highest BCUT2D eigenvalue weighted by Gasteiger charge is 2.09. The Kier molecular flexibility index (Phi) is 5.46. The van der Waals surface area contributed by atoms with Crippen molar-refractivity contribution in [2.45, 2.75) is 20.4 Å². The topological polar surface area (TPSA) is 59.6 Å². The first-order chi connectivity index (χ1) is 11.0. The Morgan fingerprint density at radius 1 is 1.00 bits per heavy atom. The molecule has 0 aliphatic heterocycles. The third-order valence-corrected chi connectivity index (χ3v) is 3.39. The standard InChI is InChI=1S/C18H22N2O3/c1-12-7-13(2)9-14(8-12)11-19-18(21)20-16-10-15(22-3)5-6-17(16)23-4/h5-10H,11H2,1-4H3,(H2,19,20,21). The number of nitrogens with one attached hydrogen (secondary N) is 2. The summed E-state index contributed by atoms with van der Waals surface area (Å²) in [5.74, 6) is 1.22. The smallest absolute Gasteiger partial charge is 0.319 e. The fraction of sp³-hybridized carbons (Fsp3) is 0.278. The monoisotopic (exact) mass is 314 g/mol. The summed E-state index contributed by atoms with van der Waals surface area (Å²) >= 11 is 0. The number of hydrogen-bond donors (Lipinski definition) is 2. The van der Waals surface area contributed by atoms with Crippen LogP contribution in [-0.2, 0) is 6.54 Å². The average Bonchev–Trinajstić information content (AvgIpc) is 2.52. The number of hydrogen-bond acceptors (Lipinski definition) is 3. The summed E-state index contributed by atoms with van der Waals surface area (Å²) in [6.07, 6.45) is 0. The molecule has 0 aromatic heterocycles. The second kappa shape index (κ2) is 7.54. The van der Waals surface area contributed by atoms with Crippen molar-refractivity contribution >= 4 is 11.7 Å². The van der Waals surface area contributed by atoms with Crippen molar-refractivity contribution in [2.75, 3.05) is 19.5 Å². The predicted octanol–water partition coefficient (Wildman–Crippen LogP) is 3.64. The van der Waals surface area contributed by atoms with Crippen molar-refractivity contribution in [2.24, 2.45) is 0 Å². The van der Waals surface area contributed by atoms with Gasteiger partial charge in [0.1, 0.15) is 11.5 Å². The van der Waals surface area contributed by atoms with Crippen LogP contribution >= 0.6 is 0 Å². The van der Waals surface area contributed by atoms with Crippen molar-refractivity contribution in [3.8, 4) is 11.5 Å². The Morgan fingerprint density at radius 3 is 2.30 bits per heavy atom. The summed E-state index contributed by atoms with van der Waals surface area (Å²) in [5, 5.41) is 5.62. The van der Waals surface area contributed by atoms with Crippen LogP contribution in [0.1, 0.15) is 16.7 Å². The highest BCUT2D eigenvalue weighted by Crippen LogP contribution is 2.28. The first-order valence-corrected chi connectivity index (χ1v) is 7.36. The fourth-order valence-electron chi connectivity index (χ4n) is 2.43. The van der Waals surface area contributed by atoms with Gasteiger partial charge in [-0.05, 0) is 31.5 Å². The molecule has 5 nitrogen and oxygen atoms in total. The van der Waals surface area contributed by atoms with Gasteiger partial charge in [-0.25, -0.2) is 4.79 Å². The van der Waals surface area contributed by atoms with Gasteiger partial charge in [0.15, 0.2) is 0 Å². The van der Waals surface area contributed by atoms with Crippen molar-refractivity contribution in [3.63, 3.8) is 0 Å². The lowest BCUT2D eigenvalue weighted by Crippen LogP contribution is -2.28. The lowest BCUT2D eigenvalue weighted by atomic mass is 10.1. The Balaban J connectivity index is 2.02. The normalized spacial score (nSPS) is 10.1. The highest BCUT2D eigenvalue weighted by molar-refractivity contribution is 5.91. The second-order valence-corrected chi connectivity index (χ2v) is 5.37. The first-order valence-electron chi connectivity index (χ1n) is 7.36. The van der Waals surface area contributed by atoms with E-state index in [1.165, 1.54) is 11.1 Å². The first kappa shape index (κ1) is 16.7. The summed E-state index contributed by atoms with van der Waals surface area (Å²) in [4.78, 5) is 12.1. The van der Waals surface area contributed by atoms with E-state index in [9.17, 15) is 4.79 Å². The summed E-state index contributed by atoms with van der Waals surface area (Å²) in [6.45, 7) is 4.54. The number of methoxy groups -OCH3 is 2. The van der Waals surface area contributed by atoms with E-state index in [4.69, 9.17) is 9.47 Å². The van der Waals surface area contributed by atoms with Crippen LogP contribution in [0.25, 0.3) is 0 Å². The molecule has 0 spiro atoms. The maximum atomic E-state index is 12.1. The molecule has 0 radical (unpaired) electrons. The van der Waals surface area contributed by atoms with Crippen LogP contribution in [0.5, 0.6) is 11.5 Å². The Hall–Kier alpha value is -2.69. The van der Waals surface area contributed by atoms with Gasteiger partial charge in [0.25, 0.3) is 0 Å². The zero-order valence-electron chi connectivity index (χ0n) is 13.9. The van der Waals surface area contributed by atoms with Gasteiger partial charge in [-0.3, -0.25) is 0 Å². The van der Waals surface area contributed by atoms with E-state index in [1.807, 2.05) is 13.8 Å². The second-order valence-electron chi connectivity index (χ2n) is 5.37. The van der Waals surface area contributed by atoms with Gasteiger partial charge in [-0.2, -0.15) is 0 Å². The van der Waals surface area contributed by atoms with Crippen LogP contribution < -0.4 is 20.1 Å². The number of benzene rings is 2. The Morgan fingerprint density at radius 2 is 1.70 bits per heavy atom. The summed E-state index contributed by atoms with van der Waals surface area (Å²) in [5.41, 5.74) is 3.98. The minimum absolute atomic E-state index is 0.296. The molecule has 2 amide bonds. The molecule has 2 rings (SSSR count). The van der Waals surface area contributed by atoms with Crippen LogP contribution in [0, 0.1) is 13.8 Å². The van der Waals surface area contributed by atoms with Crippen LogP contribution in [-0.4, -0.2) is 20.3 Å². The molecule has 0 aliphatic rings. The van der Waals surface area contributed by atoms with Crippen LogP contribution in [0.15, 0.2) is 36.4 Å². The minimum Gasteiger partial charge on any atom is -0.497 e.